The Labute approximate surface area is 133 Å². The number of hydrogen-bond donors (Lipinski definition) is 1. The van der Waals surface area contributed by atoms with Gasteiger partial charge in [-0.05, 0) is 25.5 Å². The largest absolute Gasteiger partial charge is 0.383 e. The van der Waals surface area contributed by atoms with E-state index in [1.54, 1.807) is 7.11 Å². The number of halogens is 1. The van der Waals surface area contributed by atoms with Gasteiger partial charge in [-0.3, -0.25) is 0 Å². The molecule has 0 heterocycles. The molecule has 5 heteroatoms. The number of rotatable bonds is 10. The molecule has 0 aliphatic carbocycles. The topological polar surface area (TPSA) is 33.7 Å². The molecule has 21 heavy (non-hydrogen) atoms. The monoisotopic (exact) mass is 314 g/mol. The first kappa shape index (κ1) is 18.2. The minimum absolute atomic E-state index is 0.250. The Kier molecular flexibility index (Phi) is 8.69. The maximum atomic E-state index is 6.37. The van der Waals surface area contributed by atoms with E-state index in [4.69, 9.17) is 21.1 Å². The SMILES string of the molecule is COCCNCc1cccc(Cl)c1N(C)CCOC(C)C. The number of nitrogens with one attached hydrogen (secondary N) is 1. The molecule has 0 saturated carbocycles. The van der Waals surface area contributed by atoms with Gasteiger partial charge in [0.2, 0.25) is 0 Å². The normalized spacial score (nSPS) is 11.1. The van der Waals surface area contributed by atoms with Crippen molar-refractivity contribution in [3.05, 3.63) is 28.8 Å². The van der Waals surface area contributed by atoms with Crippen molar-refractivity contribution >= 4 is 17.3 Å². The first-order valence-corrected chi connectivity index (χ1v) is 7.73. The number of anilines is 1. The van der Waals surface area contributed by atoms with Crippen molar-refractivity contribution in [3.63, 3.8) is 0 Å². The van der Waals surface area contributed by atoms with Crippen molar-refractivity contribution in [3.8, 4) is 0 Å². The maximum Gasteiger partial charge on any atom is 0.0644 e. The minimum atomic E-state index is 0.250. The number of para-hydroxylation sites is 1. The highest BCUT2D eigenvalue weighted by Crippen LogP contribution is 2.29. The number of likely N-dealkylation sites (N-methyl/N-ethyl adjacent to an activating group) is 1. The Morgan fingerprint density at radius 1 is 1.29 bits per heavy atom. The molecule has 1 N–H and O–H groups in total. The first-order chi connectivity index (χ1) is 10.1. The van der Waals surface area contributed by atoms with E-state index < -0.39 is 0 Å². The summed E-state index contributed by atoms with van der Waals surface area (Å²) in [7, 11) is 3.75. The molecule has 0 saturated heterocycles. The lowest BCUT2D eigenvalue weighted by Gasteiger charge is -2.24. The van der Waals surface area contributed by atoms with Crippen LogP contribution in [0, 0.1) is 0 Å². The van der Waals surface area contributed by atoms with E-state index in [-0.39, 0.29) is 6.10 Å². The van der Waals surface area contributed by atoms with E-state index in [0.29, 0.717) is 13.2 Å². The van der Waals surface area contributed by atoms with Gasteiger partial charge in [0.25, 0.3) is 0 Å². The minimum Gasteiger partial charge on any atom is -0.383 e. The lowest BCUT2D eigenvalue weighted by Crippen LogP contribution is -2.26. The second kappa shape index (κ2) is 10.0. The summed E-state index contributed by atoms with van der Waals surface area (Å²) in [4.78, 5) is 2.15. The van der Waals surface area contributed by atoms with E-state index in [2.05, 4.69) is 16.3 Å². The summed E-state index contributed by atoms with van der Waals surface area (Å²) < 4.78 is 10.7. The molecule has 0 unspecified atom stereocenters. The van der Waals surface area contributed by atoms with Gasteiger partial charge < -0.3 is 19.7 Å². The molecule has 0 bridgehead atoms. The molecule has 0 aromatic heterocycles. The third-order valence-corrected chi connectivity index (χ3v) is 3.43. The summed E-state index contributed by atoms with van der Waals surface area (Å²) in [6, 6.07) is 6.01. The number of nitrogens with zero attached hydrogens (tertiary/aromatic N) is 1. The number of hydrogen-bond acceptors (Lipinski definition) is 4. The Balaban J connectivity index is 2.65. The average Bonchev–Trinajstić information content (AvgIpc) is 2.43. The first-order valence-electron chi connectivity index (χ1n) is 7.36. The third-order valence-electron chi connectivity index (χ3n) is 3.13. The number of benzene rings is 1. The van der Waals surface area contributed by atoms with Crippen molar-refractivity contribution in [1.82, 2.24) is 5.32 Å². The highest BCUT2D eigenvalue weighted by molar-refractivity contribution is 6.33. The molecule has 0 aliphatic heterocycles. The quantitative estimate of drug-likeness (QED) is 0.673. The summed E-state index contributed by atoms with van der Waals surface area (Å²) in [6.45, 7) is 7.88. The van der Waals surface area contributed by atoms with Crippen LogP contribution in [-0.2, 0) is 16.0 Å². The van der Waals surface area contributed by atoms with Crippen LogP contribution in [0.4, 0.5) is 5.69 Å². The van der Waals surface area contributed by atoms with Gasteiger partial charge in [-0.25, -0.2) is 0 Å². The van der Waals surface area contributed by atoms with E-state index in [1.165, 1.54) is 5.56 Å². The van der Waals surface area contributed by atoms with Crippen molar-refractivity contribution < 1.29 is 9.47 Å². The van der Waals surface area contributed by atoms with Crippen molar-refractivity contribution in [1.29, 1.82) is 0 Å². The fraction of sp³-hybridized carbons (Fsp3) is 0.625. The van der Waals surface area contributed by atoms with Crippen molar-refractivity contribution in [2.24, 2.45) is 0 Å². The molecule has 1 rings (SSSR count). The Bertz CT molecular complexity index is 413. The molecule has 0 amide bonds. The molecule has 0 spiro atoms. The third kappa shape index (κ3) is 6.66. The predicted octanol–water partition coefficient (Wildman–Crippen LogP) is 2.94. The summed E-state index contributed by atoms with van der Waals surface area (Å²) in [5.41, 5.74) is 2.25. The maximum absolute atomic E-state index is 6.37. The zero-order valence-electron chi connectivity index (χ0n) is 13.5. The molecule has 0 atom stereocenters. The van der Waals surface area contributed by atoms with Gasteiger partial charge >= 0.3 is 0 Å². The standard InChI is InChI=1S/C16H27ClN2O2/c1-13(2)21-11-9-19(3)16-14(6-5-7-15(16)17)12-18-8-10-20-4/h5-7,13,18H,8-12H2,1-4H3. The zero-order valence-corrected chi connectivity index (χ0v) is 14.2. The molecule has 1 aromatic carbocycles. The molecule has 0 fully saturated rings. The van der Waals surface area contributed by atoms with Gasteiger partial charge in [0.05, 0.1) is 30.0 Å². The molecule has 120 valence electrons. The highest BCUT2D eigenvalue weighted by atomic mass is 35.5. The molecule has 0 aliphatic rings. The summed E-state index contributed by atoms with van der Waals surface area (Å²) in [6.07, 6.45) is 0.250. The van der Waals surface area contributed by atoms with Crippen molar-refractivity contribution in [2.45, 2.75) is 26.5 Å². The molecule has 1 aromatic rings. The van der Waals surface area contributed by atoms with E-state index in [0.717, 1.165) is 30.3 Å². The van der Waals surface area contributed by atoms with Crippen LogP contribution >= 0.6 is 11.6 Å². The van der Waals surface area contributed by atoms with Gasteiger partial charge in [0.15, 0.2) is 0 Å². The lowest BCUT2D eigenvalue weighted by atomic mass is 10.1. The Morgan fingerprint density at radius 3 is 2.71 bits per heavy atom. The van der Waals surface area contributed by atoms with E-state index in [9.17, 15) is 0 Å². The second-order valence-electron chi connectivity index (χ2n) is 5.26. The van der Waals surface area contributed by atoms with Crippen molar-refractivity contribution in [2.75, 3.05) is 45.4 Å². The van der Waals surface area contributed by atoms with Gasteiger partial charge in [-0.1, -0.05) is 23.7 Å². The molecule has 0 radical (unpaired) electrons. The molecular formula is C16H27ClN2O2. The molecular weight excluding hydrogens is 288 g/mol. The van der Waals surface area contributed by atoms with Gasteiger partial charge in [-0.15, -0.1) is 0 Å². The van der Waals surface area contributed by atoms with E-state index in [1.807, 2.05) is 33.0 Å². The highest BCUT2D eigenvalue weighted by Gasteiger charge is 2.11. The lowest BCUT2D eigenvalue weighted by molar-refractivity contribution is 0.0846. The van der Waals surface area contributed by atoms with Crippen LogP contribution in [0.1, 0.15) is 19.4 Å². The van der Waals surface area contributed by atoms with Crippen LogP contribution in [0.15, 0.2) is 18.2 Å². The van der Waals surface area contributed by atoms with Gasteiger partial charge in [0, 0.05) is 33.8 Å². The van der Waals surface area contributed by atoms with Crippen LogP contribution in [0.2, 0.25) is 5.02 Å². The fourth-order valence-electron chi connectivity index (χ4n) is 2.06. The molecule has 4 nitrogen and oxygen atoms in total. The average molecular weight is 315 g/mol. The van der Waals surface area contributed by atoms with Crippen LogP contribution in [0.25, 0.3) is 0 Å². The van der Waals surface area contributed by atoms with Crippen LogP contribution in [0.5, 0.6) is 0 Å². The van der Waals surface area contributed by atoms with Crippen LogP contribution in [-0.4, -0.2) is 46.6 Å². The van der Waals surface area contributed by atoms with E-state index >= 15 is 0 Å². The predicted molar refractivity (Wildman–Crippen MR) is 89.4 cm³/mol. The smallest absolute Gasteiger partial charge is 0.0644 e. The summed E-state index contributed by atoms with van der Waals surface area (Å²) in [5.74, 6) is 0. The van der Waals surface area contributed by atoms with Crippen LogP contribution in [0.3, 0.4) is 0 Å². The summed E-state index contributed by atoms with van der Waals surface area (Å²) in [5, 5.41) is 4.13. The summed E-state index contributed by atoms with van der Waals surface area (Å²) >= 11 is 6.37. The Morgan fingerprint density at radius 2 is 2.05 bits per heavy atom. The second-order valence-corrected chi connectivity index (χ2v) is 5.67. The fourth-order valence-corrected chi connectivity index (χ4v) is 2.40. The van der Waals surface area contributed by atoms with Gasteiger partial charge in [0.1, 0.15) is 0 Å². The Hall–Kier alpha value is -0.810. The van der Waals surface area contributed by atoms with Gasteiger partial charge in [-0.2, -0.15) is 0 Å². The number of ether oxygens (including phenoxy) is 2. The zero-order chi connectivity index (χ0) is 15.7. The van der Waals surface area contributed by atoms with Crippen LogP contribution < -0.4 is 10.2 Å². The number of methoxy groups -OCH3 is 1.